The molecule has 0 spiro atoms. The van der Waals surface area contributed by atoms with Gasteiger partial charge in [0, 0.05) is 6.61 Å². The van der Waals surface area contributed by atoms with E-state index in [1.165, 1.54) is 0 Å². The van der Waals surface area contributed by atoms with Crippen LogP contribution in [0.15, 0.2) is 0 Å². The molecule has 1 fully saturated rings. The predicted octanol–water partition coefficient (Wildman–Crippen LogP) is 1.36. The maximum absolute atomic E-state index is 11.8. The summed E-state index contributed by atoms with van der Waals surface area (Å²) in [6, 6.07) is 1.70. The molecular formula is C11H18N2O2. The Bertz CT molecular complexity index is 264. The number of rotatable bonds is 4. The van der Waals surface area contributed by atoms with Gasteiger partial charge in [0.25, 0.3) is 5.91 Å². The molecular weight excluding hydrogens is 192 g/mol. The van der Waals surface area contributed by atoms with E-state index < -0.39 is 5.60 Å². The van der Waals surface area contributed by atoms with Gasteiger partial charge in [-0.15, -0.1) is 0 Å². The maximum atomic E-state index is 11.8. The Balaban J connectivity index is 2.50. The van der Waals surface area contributed by atoms with Crippen molar-refractivity contribution in [3.63, 3.8) is 0 Å². The van der Waals surface area contributed by atoms with Gasteiger partial charge in [-0.3, -0.25) is 4.79 Å². The molecule has 0 aromatic carbocycles. The zero-order chi connectivity index (χ0) is 11.3. The molecule has 0 bridgehead atoms. The van der Waals surface area contributed by atoms with Crippen molar-refractivity contribution in [2.24, 2.45) is 0 Å². The molecule has 4 nitrogen and oxygen atoms in total. The van der Waals surface area contributed by atoms with Crippen molar-refractivity contribution in [1.29, 1.82) is 5.26 Å². The van der Waals surface area contributed by atoms with Crippen LogP contribution in [0.3, 0.4) is 0 Å². The minimum atomic E-state index is -0.719. The lowest BCUT2D eigenvalue weighted by Crippen LogP contribution is -2.47. The summed E-state index contributed by atoms with van der Waals surface area (Å²) in [5, 5.41) is 11.6. The Labute approximate surface area is 90.6 Å². The highest BCUT2D eigenvalue weighted by atomic mass is 16.5. The molecule has 4 heteroatoms. The van der Waals surface area contributed by atoms with Gasteiger partial charge in [-0.1, -0.05) is 13.3 Å². The Hall–Kier alpha value is -1.08. The fourth-order valence-electron chi connectivity index (χ4n) is 1.73. The third kappa shape index (κ3) is 2.93. The fourth-order valence-corrected chi connectivity index (χ4v) is 1.73. The van der Waals surface area contributed by atoms with Gasteiger partial charge in [-0.05, 0) is 26.2 Å². The van der Waals surface area contributed by atoms with Gasteiger partial charge in [0.05, 0.1) is 6.07 Å². The van der Waals surface area contributed by atoms with Crippen LogP contribution in [0.5, 0.6) is 0 Å². The smallest absolute Gasteiger partial charge is 0.252 e. The van der Waals surface area contributed by atoms with Crippen molar-refractivity contribution < 1.29 is 9.53 Å². The lowest BCUT2D eigenvalue weighted by atomic mass is 10.0. The standard InChI is InChI=1S/C11H18N2O2/c1-3-5-9(8-12)13-10(14)11(2)6-4-7-15-11/h9H,3-7H2,1-2H3,(H,13,14). The average Bonchev–Trinajstić information content (AvgIpc) is 2.65. The van der Waals surface area contributed by atoms with E-state index in [-0.39, 0.29) is 11.9 Å². The van der Waals surface area contributed by atoms with E-state index in [4.69, 9.17) is 10.00 Å². The molecule has 0 aromatic heterocycles. The first-order valence-electron chi connectivity index (χ1n) is 5.47. The van der Waals surface area contributed by atoms with E-state index in [1.807, 2.05) is 6.92 Å². The second-order valence-corrected chi connectivity index (χ2v) is 4.13. The van der Waals surface area contributed by atoms with Gasteiger partial charge in [0.15, 0.2) is 0 Å². The van der Waals surface area contributed by atoms with E-state index in [9.17, 15) is 4.79 Å². The van der Waals surface area contributed by atoms with Crippen molar-refractivity contribution >= 4 is 5.91 Å². The Morgan fingerprint density at radius 3 is 2.93 bits per heavy atom. The first kappa shape index (κ1) is 12.0. The highest BCUT2D eigenvalue weighted by molar-refractivity contribution is 5.85. The predicted molar refractivity (Wildman–Crippen MR) is 56.0 cm³/mol. The van der Waals surface area contributed by atoms with Gasteiger partial charge >= 0.3 is 0 Å². The zero-order valence-corrected chi connectivity index (χ0v) is 9.38. The fraction of sp³-hybridized carbons (Fsp3) is 0.818. The Morgan fingerprint density at radius 2 is 2.47 bits per heavy atom. The third-order valence-electron chi connectivity index (χ3n) is 2.74. The highest BCUT2D eigenvalue weighted by Crippen LogP contribution is 2.25. The molecule has 1 rings (SSSR count). The van der Waals surface area contributed by atoms with Crippen LogP contribution in [0, 0.1) is 11.3 Å². The van der Waals surface area contributed by atoms with E-state index in [1.54, 1.807) is 6.92 Å². The molecule has 2 atom stereocenters. The maximum Gasteiger partial charge on any atom is 0.252 e. The molecule has 1 saturated heterocycles. The average molecular weight is 210 g/mol. The minimum absolute atomic E-state index is 0.153. The lowest BCUT2D eigenvalue weighted by molar-refractivity contribution is -0.139. The van der Waals surface area contributed by atoms with Crippen LogP contribution < -0.4 is 5.32 Å². The quantitative estimate of drug-likeness (QED) is 0.762. The number of carbonyl (C=O) groups is 1. The largest absolute Gasteiger partial charge is 0.365 e. The second kappa shape index (κ2) is 5.13. The molecule has 1 amide bonds. The van der Waals surface area contributed by atoms with Gasteiger partial charge < -0.3 is 10.1 Å². The number of hydrogen-bond donors (Lipinski definition) is 1. The Kier molecular flexibility index (Phi) is 4.10. The molecule has 84 valence electrons. The molecule has 1 aliphatic rings. The minimum Gasteiger partial charge on any atom is -0.365 e. The summed E-state index contributed by atoms with van der Waals surface area (Å²) >= 11 is 0. The van der Waals surface area contributed by atoms with Crippen molar-refractivity contribution in [3.8, 4) is 6.07 Å². The van der Waals surface area contributed by atoms with Crippen LogP contribution in [0.25, 0.3) is 0 Å². The molecule has 0 aliphatic carbocycles. The van der Waals surface area contributed by atoms with E-state index in [2.05, 4.69) is 11.4 Å². The number of hydrogen-bond acceptors (Lipinski definition) is 3. The monoisotopic (exact) mass is 210 g/mol. The summed E-state index contributed by atoms with van der Waals surface area (Å²) in [6.07, 6.45) is 3.23. The van der Waals surface area contributed by atoms with Crippen molar-refractivity contribution in [2.45, 2.75) is 51.2 Å². The molecule has 1 heterocycles. The summed E-state index contributed by atoms with van der Waals surface area (Å²) in [4.78, 5) is 11.8. The molecule has 2 unspecified atom stereocenters. The Morgan fingerprint density at radius 1 is 1.73 bits per heavy atom. The number of ether oxygens (including phenoxy) is 1. The summed E-state index contributed by atoms with van der Waals surface area (Å²) in [5.74, 6) is -0.153. The molecule has 15 heavy (non-hydrogen) atoms. The van der Waals surface area contributed by atoms with Crippen LogP contribution >= 0.6 is 0 Å². The van der Waals surface area contributed by atoms with Crippen LogP contribution in [0.4, 0.5) is 0 Å². The molecule has 0 radical (unpaired) electrons. The van der Waals surface area contributed by atoms with Crippen LogP contribution in [0.2, 0.25) is 0 Å². The second-order valence-electron chi connectivity index (χ2n) is 4.13. The summed E-state index contributed by atoms with van der Waals surface area (Å²) in [5.41, 5.74) is -0.719. The lowest BCUT2D eigenvalue weighted by Gasteiger charge is -2.23. The zero-order valence-electron chi connectivity index (χ0n) is 9.38. The van der Waals surface area contributed by atoms with Crippen LogP contribution in [-0.4, -0.2) is 24.2 Å². The van der Waals surface area contributed by atoms with Crippen molar-refractivity contribution in [2.75, 3.05) is 6.61 Å². The molecule has 0 aromatic rings. The van der Waals surface area contributed by atoms with E-state index >= 15 is 0 Å². The SMILES string of the molecule is CCCC(C#N)NC(=O)C1(C)CCCO1. The van der Waals surface area contributed by atoms with Crippen molar-refractivity contribution in [1.82, 2.24) is 5.32 Å². The van der Waals surface area contributed by atoms with Crippen LogP contribution in [0.1, 0.15) is 39.5 Å². The number of carbonyl (C=O) groups excluding carboxylic acids is 1. The number of nitrogens with one attached hydrogen (secondary N) is 1. The third-order valence-corrected chi connectivity index (χ3v) is 2.74. The highest BCUT2D eigenvalue weighted by Gasteiger charge is 2.38. The van der Waals surface area contributed by atoms with Crippen LogP contribution in [-0.2, 0) is 9.53 Å². The first-order chi connectivity index (χ1) is 7.12. The normalized spacial score (nSPS) is 27.0. The van der Waals surface area contributed by atoms with Crippen molar-refractivity contribution in [3.05, 3.63) is 0 Å². The number of nitriles is 1. The molecule has 1 aliphatic heterocycles. The van der Waals surface area contributed by atoms with Gasteiger partial charge in [0.1, 0.15) is 11.6 Å². The van der Waals surface area contributed by atoms with E-state index in [0.717, 1.165) is 19.3 Å². The van der Waals surface area contributed by atoms with Gasteiger partial charge in [-0.25, -0.2) is 0 Å². The molecule has 0 saturated carbocycles. The molecule has 1 N–H and O–H groups in total. The number of nitrogens with zero attached hydrogens (tertiary/aromatic N) is 1. The van der Waals surface area contributed by atoms with E-state index in [0.29, 0.717) is 13.0 Å². The summed E-state index contributed by atoms with van der Waals surface area (Å²) in [7, 11) is 0. The topological polar surface area (TPSA) is 62.1 Å². The number of amides is 1. The summed E-state index contributed by atoms with van der Waals surface area (Å²) in [6.45, 7) is 4.41. The van der Waals surface area contributed by atoms with Gasteiger partial charge in [-0.2, -0.15) is 5.26 Å². The van der Waals surface area contributed by atoms with Gasteiger partial charge in [0.2, 0.25) is 0 Å². The first-order valence-corrected chi connectivity index (χ1v) is 5.47. The summed E-state index contributed by atoms with van der Waals surface area (Å²) < 4.78 is 5.40.